The Balaban J connectivity index is 1.66. The third kappa shape index (κ3) is 3.40. The van der Waals surface area contributed by atoms with E-state index in [9.17, 15) is 4.79 Å². The fourth-order valence-corrected chi connectivity index (χ4v) is 2.22. The van der Waals surface area contributed by atoms with Crippen LogP contribution in [-0.4, -0.2) is 47.1 Å². The van der Waals surface area contributed by atoms with Crippen molar-refractivity contribution in [3.63, 3.8) is 0 Å². The van der Waals surface area contributed by atoms with Crippen LogP contribution in [-0.2, 0) is 4.74 Å². The topological polar surface area (TPSA) is 67.4 Å². The standard InChI is InChI=1S/C16H18N4O2/c1-12-2-4-14(5-3-12)19-16-17-10-13(11-18-16)15(21)20-6-8-22-9-7-20/h2-5,10-11H,6-9H2,1H3,(H,17,18,19). The minimum absolute atomic E-state index is 0.0508. The molecule has 1 N–H and O–H groups in total. The molecule has 0 bridgehead atoms. The summed E-state index contributed by atoms with van der Waals surface area (Å²) in [5, 5.41) is 3.11. The summed E-state index contributed by atoms with van der Waals surface area (Å²) in [4.78, 5) is 22.5. The number of anilines is 2. The summed E-state index contributed by atoms with van der Waals surface area (Å²) < 4.78 is 5.24. The van der Waals surface area contributed by atoms with E-state index in [1.165, 1.54) is 5.56 Å². The molecule has 0 unspecified atom stereocenters. The molecule has 0 spiro atoms. The Bertz CT molecular complexity index is 634. The Labute approximate surface area is 129 Å². The molecule has 114 valence electrons. The highest BCUT2D eigenvalue weighted by Gasteiger charge is 2.19. The highest BCUT2D eigenvalue weighted by atomic mass is 16.5. The maximum Gasteiger partial charge on any atom is 0.257 e. The molecule has 0 aliphatic carbocycles. The summed E-state index contributed by atoms with van der Waals surface area (Å²) in [5.41, 5.74) is 2.60. The zero-order chi connectivity index (χ0) is 15.4. The van der Waals surface area contributed by atoms with Crippen molar-refractivity contribution in [3.05, 3.63) is 47.8 Å². The lowest BCUT2D eigenvalue weighted by Crippen LogP contribution is -2.40. The number of carbonyl (C=O) groups excluding carboxylic acids is 1. The first-order chi connectivity index (χ1) is 10.7. The van der Waals surface area contributed by atoms with Gasteiger partial charge in [-0.25, -0.2) is 9.97 Å². The van der Waals surface area contributed by atoms with Gasteiger partial charge in [0.05, 0.1) is 18.8 Å². The zero-order valence-electron chi connectivity index (χ0n) is 12.5. The largest absolute Gasteiger partial charge is 0.378 e. The van der Waals surface area contributed by atoms with Crippen molar-refractivity contribution in [2.45, 2.75) is 6.92 Å². The van der Waals surface area contributed by atoms with Gasteiger partial charge >= 0.3 is 0 Å². The first-order valence-electron chi connectivity index (χ1n) is 7.25. The molecule has 0 saturated carbocycles. The maximum atomic E-state index is 12.3. The maximum absolute atomic E-state index is 12.3. The Morgan fingerprint density at radius 1 is 1.14 bits per heavy atom. The van der Waals surface area contributed by atoms with E-state index in [0.717, 1.165) is 5.69 Å². The number of nitrogens with zero attached hydrogens (tertiary/aromatic N) is 3. The van der Waals surface area contributed by atoms with E-state index < -0.39 is 0 Å². The van der Waals surface area contributed by atoms with Crippen molar-refractivity contribution in [2.24, 2.45) is 0 Å². The van der Waals surface area contributed by atoms with Gasteiger partial charge < -0.3 is 15.0 Å². The molecule has 6 heteroatoms. The number of aryl methyl sites for hydroxylation is 1. The summed E-state index contributed by atoms with van der Waals surface area (Å²) in [7, 11) is 0. The van der Waals surface area contributed by atoms with E-state index in [1.807, 2.05) is 31.2 Å². The van der Waals surface area contributed by atoms with Crippen molar-refractivity contribution in [3.8, 4) is 0 Å². The summed E-state index contributed by atoms with van der Waals surface area (Å²) in [6, 6.07) is 7.95. The smallest absolute Gasteiger partial charge is 0.257 e. The second kappa shape index (κ2) is 6.53. The third-order valence-corrected chi connectivity index (χ3v) is 3.50. The quantitative estimate of drug-likeness (QED) is 0.938. The molecule has 1 aliphatic rings. The fourth-order valence-electron chi connectivity index (χ4n) is 2.22. The number of hydrogen-bond donors (Lipinski definition) is 1. The van der Waals surface area contributed by atoms with Crippen molar-refractivity contribution in [1.29, 1.82) is 0 Å². The zero-order valence-corrected chi connectivity index (χ0v) is 12.5. The van der Waals surface area contributed by atoms with Crippen molar-refractivity contribution >= 4 is 17.5 Å². The van der Waals surface area contributed by atoms with Crippen LogP contribution in [0.4, 0.5) is 11.6 Å². The lowest BCUT2D eigenvalue weighted by molar-refractivity contribution is 0.0302. The highest BCUT2D eigenvalue weighted by molar-refractivity contribution is 5.93. The molecule has 1 saturated heterocycles. The predicted molar refractivity (Wildman–Crippen MR) is 83.2 cm³/mol. The van der Waals surface area contributed by atoms with Crippen LogP contribution in [0.3, 0.4) is 0 Å². The van der Waals surface area contributed by atoms with E-state index in [0.29, 0.717) is 37.8 Å². The Hall–Kier alpha value is -2.47. The van der Waals surface area contributed by atoms with Crippen molar-refractivity contribution < 1.29 is 9.53 Å². The van der Waals surface area contributed by atoms with Crippen molar-refractivity contribution in [1.82, 2.24) is 14.9 Å². The van der Waals surface area contributed by atoms with Gasteiger partial charge in [-0.3, -0.25) is 4.79 Å². The second-order valence-corrected chi connectivity index (χ2v) is 5.19. The Morgan fingerprint density at radius 3 is 2.41 bits per heavy atom. The monoisotopic (exact) mass is 298 g/mol. The van der Waals surface area contributed by atoms with E-state index in [4.69, 9.17) is 4.74 Å². The third-order valence-electron chi connectivity index (χ3n) is 3.50. The summed E-state index contributed by atoms with van der Waals surface area (Å²) in [6.45, 7) is 4.43. The predicted octanol–water partition coefficient (Wildman–Crippen LogP) is 2.00. The number of rotatable bonds is 3. The van der Waals surface area contributed by atoms with Gasteiger partial charge in [0, 0.05) is 31.2 Å². The van der Waals surface area contributed by atoms with Crippen LogP contribution in [0.5, 0.6) is 0 Å². The minimum Gasteiger partial charge on any atom is -0.378 e. The van der Waals surface area contributed by atoms with Crippen LogP contribution in [0.15, 0.2) is 36.7 Å². The Kier molecular flexibility index (Phi) is 4.29. The first kappa shape index (κ1) is 14.5. The van der Waals surface area contributed by atoms with E-state index >= 15 is 0 Å². The SMILES string of the molecule is Cc1ccc(Nc2ncc(C(=O)N3CCOCC3)cn2)cc1. The number of carbonyl (C=O) groups is 1. The van der Waals surface area contributed by atoms with Crippen LogP contribution in [0.25, 0.3) is 0 Å². The van der Waals surface area contributed by atoms with Crippen LogP contribution < -0.4 is 5.32 Å². The van der Waals surface area contributed by atoms with Gasteiger partial charge in [-0.1, -0.05) is 17.7 Å². The lowest BCUT2D eigenvalue weighted by atomic mass is 10.2. The summed E-state index contributed by atoms with van der Waals surface area (Å²) in [6.07, 6.45) is 3.11. The average Bonchev–Trinajstić information content (AvgIpc) is 2.58. The molecule has 0 radical (unpaired) electrons. The van der Waals surface area contributed by atoms with E-state index in [1.54, 1.807) is 17.3 Å². The summed E-state index contributed by atoms with van der Waals surface area (Å²) in [5.74, 6) is 0.424. The van der Waals surface area contributed by atoms with Gasteiger partial charge in [0.2, 0.25) is 5.95 Å². The minimum atomic E-state index is -0.0508. The molecule has 2 aromatic rings. The summed E-state index contributed by atoms with van der Waals surface area (Å²) >= 11 is 0. The molecular formula is C16H18N4O2. The molecule has 0 atom stereocenters. The van der Waals surface area contributed by atoms with E-state index in [2.05, 4.69) is 15.3 Å². The molecule has 1 aliphatic heterocycles. The van der Waals surface area contributed by atoms with Crippen LogP contribution in [0.1, 0.15) is 15.9 Å². The second-order valence-electron chi connectivity index (χ2n) is 5.19. The average molecular weight is 298 g/mol. The number of ether oxygens (including phenoxy) is 1. The molecule has 1 aromatic heterocycles. The number of hydrogen-bond acceptors (Lipinski definition) is 5. The number of aromatic nitrogens is 2. The lowest BCUT2D eigenvalue weighted by Gasteiger charge is -2.26. The highest BCUT2D eigenvalue weighted by Crippen LogP contribution is 2.14. The fraction of sp³-hybridized carbons (Fsp3) is 0.312. The molecular weight excluding hydrogens is 280 g/mol. The normalized spacial score (nSPS) is 14.7. The van der Waals surface area contributed by atoms with E-state index in [-0.39, 0.29) is 5.91 Å². The molecule has 1 fully saturated rings. The first-order valence-corrected chi connectivity index (χ1v) is 7.25. The van der Waals surface area contributed by atoms with Crippen LogP contribution >= 0.6 is 0 Å². The Morgan fingerprint density at radius 2 is 1.77 bits per heavy atom. The van der Waals surface area contributed by atoms with Gasteiger partial charge in [0.25, 0.3) is 5.91 Å². The number of nitrogens with one attached hydrogen (secondary N) is 1. The molecule has 2 heterocycles. The van der Waals surface area contributed by atoms with Crippen LogP contribution in [0, 0.1) is 6.92 Å². The van der Waals surface area contributed by atoms with Gasteiger partial charge in [0.15, 0.2) is 0 Å². The number of morpholine rings is 1. The molecule has 3 rings (SSSR count). The van der Waals surface area contributed by atoms with Gasteiger partial charge in [0.1, 0.15) is 0 Å². The molecule has 1 amide bonds. The van der Waals surface area contributed by atoms with Gasteiger partial charge in [-0.15, -0.1) is 0 Å². The molecule has 22 heavy (non-hydrogen) atoms. The van der Waals surface area contributed by atoms with Crippen molar-refractivity contribution in [2.75, 3.05) is 31.6 Å². The molecule has 6 nitrogen and oxygen atoms in total. The van der Waals surface area contributed by atoms with Crippen LogP contribution in [0.2, 0.25) is 0 Å². The van der Waals surface area contributed by atoms with Gasteiger partial charge in [-0.05, 0) is 19.1 Å². The number of amides is 1. The van der Waals surface area contributed by atoms with Gasteiger partial charge in [-0.2, -0.15) is 0 Å². The molecule has 1 aromatic carbocycles. The number of benzene rings is 1.